The van der Waals surface area contributed by atoms with Gasteiger partial charge < -0.3 is 10.1 Å². The van der Waals surface area contributed by atoms with E-state index in [-0.39, 0.29) is 17.3 Å². The maximum atomic E-state index is 11.9. The summed E-state index contributed by atoms with van der Waals surface area (Å²) in [5.41, 5.74) is 0.201. The number of nitrogens with one attached hydrogen (secondary N) is 1. The summed E-state index contributed by atoms with van der Waals surface area (Å²) in [6.45, 7) is 6.39. The Morgan fingerprint density at radius 2 is 2.20 bits per heavy atom. The zero-order valence-electron chi connectivity index (χ0n) is 9.71. The maximum Gasteiger partial charge on any atom is 0.310 e. The smallest absolute Gasteiger partial charge is 0.310 e. The van der Waals surface area contributed by atoms with Crippen LogP contribution in [0, 0.1) is 17.3 Å². The van der Waals surface area contributed by atoms with Gasteiger partial charge in [0.25, 0.3) is 0 Å². The van der Waals surface area contributed by atoms with E-state index in [4.69, 9.17) is 4.74 Å². The number of ether oxygens (including phenoxy) is 1. The summed E-state index contributed by atoms with van der Waals surface area (Å²) in [4.78, 5) is 11.9. The van der Waals surface area contributed by atoms with Crippen LogP contribution in [0.4, 0.5) is 0 Å². The molecule has 1 heterocycles. The van der Waals surface area contributed by atoms with Crippen LogP contribution >= 0.6 is 0 Å². The SMILES string of the molecule is CCOC(=O)C1CNCC1(CC)C1CC1. The van der Waals surface area contributed by atoms with Crippen LogP contribution < -0.4 is 5.32 Å². The van der Waals surface area contributed by atoms with Gasteiger partial charge in [0, 0.05) is 13.1 Å². The molecule has 1 saturated carbocycles. The van der Waals surface area contributed by atoms with Crippen LogP contribution in [0.25, 0.3) is 0 Å². The molecule has 3 nitrogen and oxygen atoms in total. The van der Waals surface area contributed by atoms with Crippen LogP contribution in [0.1, 0.15) is 33.1 Å². The molecule has 15 heavy (non-hydrogen) atoms. The van der Waals surface area contributed by atoms with Crippen molar-refractivity contribution >= 4 is 5.97 Å². The fourth-order valence-corrected chi connectivity index (χ4v) is 3.08. The van der Waals surface area contributed by atoms with Crippen molar-refractivity contribution in [3.05, 3.63) is 0 Å². The predicted molar refractivity (Wildman–Crippen MR) is 58.4 cm³/mol. The molecule has 0 spiro atoms. The zero-order valence-corrected chi connectivity index (χ0v) is 9.71. The minimum atomic E-state index is 0.0104. The summed E-state index contributed by atoms with van der Waals surface area (Å²) < 4.78 is 5.18. The third-order valence-electron chi connectivity index (χ3n) is 4.12. The second kappa shape index (κ2) is 4.12. The molecule has 86 valence electrons. The number of carbonyl (C=O) groups is 1. The third-order valence-corrected chi connectivity index (χ3v) is 4.12. The van der Waals surface area contributed by atoms with Crippen LogP contribution in [0.15, 0.2) is 0 Å². The monoisotopic (exact) mass is 211 g/mol. The number of esters is 1. The first-order valence-corrected chi connectivity index (χ1v) is 6.12. The Morgan fingerprint density at radius 1 is 1.47 bits per heavy atom. The molecule has 2 atom stereocenters. The topological polar surface area (TPSA) is 38.3 Å². The van der Waals surface area contributed by atoms with Crippen molar-refractivity contribution in [2.45, 2.75) is 33.1 Å². The van der Waals surface area contributed by atoms with Crippen molar-refractivity contribution < 1.29 is 9.53 Å². The molecule has 1 aliphatic heterocycles. The molecule has 1 aliphatic carbocycles. The zero-order chi connectivity index (χ0) is 10.9. The van der Waals surface area contributed by atoms with E-state index in [1.165, 1.54) is 12.8 Å². The summed E-state index contributed by atoms with van der Waals surface area (Å²) >= 11 is 0. The second-order valence-corrected chi connectivity index (χ2v) is 4.80. The highest BCUT2D eigenvalue weighted by Gasteiger charge is 2.54. The average Bonchev–Trinajstić information content (AvgIpc) is 2.99. The Bertz CT molecular complexity index is 250. The minimum absolute atomic E-state index is 0.0104. The van der Waals surface area contributed by atoms with Gasteiger partial charge in [-0.15, -0.1) is 0 Å². The Hall–Kier alpha value is -0.570. The summed E-state index contributed by atoms with van der Waals surface area (Å²) in [7, 11) is 0. The summed E-state index contributed by atoms with van der Waals surface area (Å²) in [6.07, 6.45) is 3.69. The third kappa shape index (κ3) is 1.78. The van der Waals surface area contributed by atoms with Gasteiger partial charge in [0.15, 0.2) is 0 Å². The van der Waals surface area contributed by atoms with Gasteiger partial charge in [0.1, 0.15) is 0 Å². The van der Waals surface area contributed by atoms with Crippen molar-refractivity contribution in [1.29, 1.82) is 0 Å². The summed E-state index contributed by atoms with van der Waals surface area (Å²) in [6, 6.07) is 0. The molecule has 0 amide bonds. The van der Waals surface area contributed by atoms with Crippen LogP contribution in [-0.4, -0.2) is 25.7 Å². The molecule has 0 aromatic rings. The molecule has 0 aromatic carbocycles. The van der Waals surface area contributed by atoms with Crippen molar-refractivity contribution in [2.75, 3.05) is 19.7 Å². The lowest BCUT2D eigenvalue weighted by molar-refractivity contribution is -0.151. The fourth-order valence-electron chi connectivity index (χ4n) is 3.08. The Labute approximate surface area is 91.6 Å². The van der Waals surface area contributed by atoms with Crippen LogP contribution in [0.3, 0.4) is 0 Å². The lowest BCUT2D eigenvalue weighted by Crippen LogP contribution is -2.37. The van der Waals surface area contributed by atoms with E-state index in [1.807, 2.05) is 6.92 Å². The number of hydrogen-bond donors (Lipinski definition) is 1. The van der Waals surface area contributed by atoms with Gasteiger partial charge in [0.2, 0.25) is 0 Å². The van der Waals surface area contributed by atoms with Crippen LogP contribution in [-0.2, 0) is 9.53 Å². The first kappa shape index (κ1) is 10.9. The standard InChI is InChI=1S/C12H21NO2/c1-3-12(9-5-6-9)8-13-7-10(12)11(14)15-4-2/h9-10,13H,3-8H2,1-2H3. The Kier molecular flexibility index (Phi) is 3.01. The average molecular weight is 211 g/mol. The maximum absolute atomic E-state index is 11.9. The van der Waals surface area contributed by atoms with E-state index in [2.05, 4.69) is 12.2 Å². The van der Waals surface area contributed by atoms with Crippen LogP contribution in [0.5, 0.6) is 0 Å². The molecule has 2 aliphatic rings. The van der Waals surface area contributed by atoms with Gasteiger partial charge in [-0.1, -0.05) is 6.92 Å². The Balaban J connectivity index is 2.11. The van der Waals surface area contributed by atoms with Crippen LogP contribution in [0.2, 0.25) is 0 Å². The molecule has 3 heteroatoms. The van der Waals surface area contributed by atoms with Gasteiger partial charge in [-0.2, -0.15) is 0 Å². The normalized spacial score (nSPS) is 35.5. The van der Waals surface area contributed by atoms with Gasteiger partial charge in [-0.3, -0.25) is 4.79 Å². The number of hydrogen-bond acceptors (Lipinski definition) is 3. The Morgan fingerprint density at radius 3 is 2.73 bits per heavy atom. The molecule has 2 fully saturated rings. The molecule has 1 N–H and O–H groups in total. The number of rotatable bonds is 4. The first-order chi connectivity index (χ1) is 7.24. The molecule has 0 radical (unpaired) electrons. The van der Waals surface area contributed by atoms with E-state index in [1.54, 1.807) is 0 Å². The van der Waals surface area contributed by atoms with Gasteiger partial charge in [-0.25, -0.2) is 0 Å². The highest BCUT2D eigenvalue weighted by atomic mass is 16.5. The molecule has 2 unspecified atom stereocenters. The number of carbonyl (C=O) groups excluding carboxylic acids is 1. The van der Waals surface area contributed by atoms with Crippen molar-refractivity contribution in [3.8, 4) is 0 Å². The molecular weight excluding hydrogens is 190 g/mol. The van der Waals surface area contributed by atoms with E-state index >= 15 is 0 Å². The van der Waals surface area contributed by atoms with Crippen molar-refractivity contribution in [1.82, 2.24) is 5.32 Å². The molecule has 0 bridgehead atoms. The molecular formula is C12H21NO2. The van der Waals surface area contributed by atoms with Gasteiger partial charge in [0.05, 0.1) is 12.5 Å². The summed E-state index contributed by atoms with van der Waals surface area (Å²) in [5.74, 6) is 0.859. The highest BCUT2D eigenvalue weighted by molar-refractivity contribution is 5.74. The van der Waals surface area contributed by atoms with Crippen molar-refractivity contribution in [2.24, 2.45) is 17.3 Å². The fraction of sp³-hybridized carbons (Fsp3) is 0.917. The molecule has 0 aromatic heterocycles. The van der Waals surface area contributed by atoms with Gasteiger partial charge in [-0.05, 0) is 37.5 Å². The predicted octanol–water partition coefficient (Wildman–Crippen LogP) is 1.58. The molecule has 1 saturated heterocycles. The summed E-state index contributed by atoms with van der Waals surface area (Å²) in [5, 5.41) is 3.37. The van der Waals surface area contributed by atoms with Crippen molar-refractivity contribution in [3.63, 3.8) is 0 Å². The highest BCUT2D eigenvalue weighted by Crippen LogP contribution is 2.53. The lowest BCUT2D eigenvalue weighted by Gasteiger charge is -2.32. The molecule has 2 rings (SSSR count). The first-order valence-electron chi connectivity index (χ1n) is 6.12. The van der Waals surface area contributed by atoms with E-state index < -0.39 is 0 Å². The minimum Gasteiger partial charge on any atom is -0.466 e. The lowest BCUT2D eigenvalue weighted by atomic mass is 9.72. The van der Waals surface area contributed by atoms with E-state index in [9.17, 15) is 4.79 Å². The largest absolute Gasteiger partial charge is 0.466 e. The quantitative estimate of drug-likeness (QED) is 0.717. The van der Waals surface area contributed by atoms with E-state index in [0.29, 0.717) is 6.61 Å². The van der Waals surface area contributed by atoms with E-state index in [0.717, 1.165) is 25.4 Å². The van der Waals surface area contributed by atoms with Gasteiger partial charge >= 0.3 is 5.97 Å². The second-order valence-electron chi connectivity index (χ2n) is 4.80.